The van der Waals surface area contributed by atoms with E-state index in [0.717, 1.165) is 11.3 Å². The molecule has 8 nitrogen and oxygen atoms in total. The smallest absolute Gasteiger partial charge is 0.311 e. The Morgan fingerprint density at radius 1 is 1.03 bits per heavy atom. The van der Waals surface area contributed by atoms with E-state index in [4.69, 9.17) is 4.74 Å². The first-order valence-electron chi connectivity index (χ1n) is 9.63. The topological polar surface area (TPSA) is 99.0 Å². The lowest BCUT2D eigenvalue weighted by Crippen LogP contribution is -2.14. The van der Waals surface area contributed by atoms with Crippen molar-refractivity contribution in [1.29, 1.82) is 0 Å². The molecule has 0 atom stereocenters. The van der Waals surface area contributed by atoms with Gasteiger partial charge in [0.1, 0.15) is 0 Å². The van der Waals surface area contributed by atoms with Gasteiger partial charge in [-0.1, -0.05) is 48.5 Å². The molecular formula is C22H19N5O3S. The number of rotatable bonds is 7. The molecule has 1 amide bonds. The standard InChI is InChI=1S/C22H19N5O3S/c1-2-30-18(28)13-16-14-31-22(23-16)25-21(29)19-24-20(15-9-5-3-6-10-15)27(26-19)17-11-7-4-8-12-17/h3-12,14H,2,13H2,1H3,(H,23,25,29). The fourth-order valence-electron chi connectivity index (χ4n) is 2.89. The molecule has 0 aliphatic heterocycles. The Kier molecular flexibility index (Phi) is 6.13. The van der Waals surface area contributed by atoms with E-state index in [1.807, 2.05) is 60.7 Å². The minimum absolute atomic E-state index is 0.0184. The molecule has 0 saturated heterocycles. The lowest BCUT2D eigenvalue weighted by atomic mass is 10.2. The number of thiazole rings is 1. The van der Waals surface area contributed by atoms with Crippen LogP contribution < -0.4 is 5.32 Å². The molecule has 1 N–H and O–H groups in total. The van der Waals surface area contributed by atoms with Gasteiger partial charge in [-0.2, -0.15) is 0 Å². The van der Waals surface area contributed by atoms with Gasteiger partial charge in [-0.15, -0.1) is 16.4 Å². The highest BCUT2D eigenvalue weighted by Gasteiger charge is 2.20. The van der Waals surface area contributed by atoms with Crippen molar-refractivity contribution in [2.45, 2.75) is 13.3 Å². The Hall–Kier alpha value is -3.85. The van der Waals surface area contributed by atoms with Crippen LogP contribution in [0.2, 0.25) is 0 Å². The molecule has 2 aromatic heterocycles. The number of aromatic nitrogens is 4. The van der Waals surface area contributed by atoms with Gasteiger partial charge >= 0.3 is 5.97 Å². The van der Waals surface area contributed by atoms with Crippen molar-refractivity contribution in [3.05, 3.63) is 77.6 Å². The van der Waals surface area contributed by atoms with Crippen LogP contribution in [-0.2, 0) is 16.0 Å². The zero-order valence-corrected chi connectivity index (χ0v) is 17.5. The maximum atomic E-state index is 12.8. The van der Waals surface area contributed by atoms with E-state index < -0.39 is 5.91 Å². The second-order valence-electron chi connectivity index (χ2n) is 6.45. The van der Waals surface area contributed by atoms with Crippen molar-refractivity contribution in [3.63, 3.8) is 0 Å². The Bertz CT molecular complexity index is 1130. The summed E-state index contributed by atoms with van der Waals surface area (Å²) in [5, 5.41) is 9.20. The molecule has 4 rings (SSSR count). The Morgan fingerprint density at radius 2 is 1.74 bits per heavy atom. The normalized spacial score (nSPS) is 10.6. The lowest BCUT2D eigenvalue weighted by Gasteiger charge is -2.05. The van der Waals surface area contributed by atoms with E-state index in [0.29, 0.717) is 23.3 Å². The number of amides is 1. The van der Waals surface area contributed by atoms with E-state index in [2.05, 4.69) is 20.4 Å². The number of hydrogen-bond acceptors (Lipinski definition) is 7. The first kappa shape index (κ1) is 20.4. The van der Waals surface area contributed by atoms with Crippen LogP contribution in [0, 0.1) is 0 Å². The molecule has 0 bridgehead atoms. The molecule has 4 aromatic rings. The first-order valence-corrected chi connectivity index (χ1v) is 10.5. The van der Waals surface area contributed by atoms with Crippen molar-refractivity contribution in [2.75, 3.05) is 11.9 Å². The number of esters is 1. The van der Waals surface area contributed by atoms with E-state index in [1.54, 1.807) is 17.0 Å². The summed E-state index contributed by atoms with van der Waals surface area (Å²) >= 11 is 1.22. The van der Waals surface area contributed by atoms with Gasteiger partial charge in [0.05, 0.1) is 24.4 Å². The molecule has 156 valence electrons. The highest BCUT2D eigenvalue weighted by atomic mass is 32.1. The molecule has 0 spiro atoms. The summed E-state index contributed by atoms with van der Waals surface area (Å²) in [6, 6.07) is 19.0. The molecule has 9 heteroatoms. The number of ether oxygens (including phenoxy) is 1. The summed E-state index contributed by atoms with van der Waals surface area (Å²) in [5.74, 6) is -0.269. The first-order chi connectivity index (χ1) is 15.1. The summed E-state index contributed by atoms with van der Waals surface area (Å²) in [5.41, 5.74) is 2.16. The minimum Gasteiger partial charge on any atom is -0.466 e. The zero-order valence-electron chi connectivity index (χ0n) is 16.7. The predicted molar refractivity (Wildman–Crippen MR) is 117 cm³/mol. The SMILES string of the molecule is CCOC(=O)Cc1csc(NC(=O)c2nc(-c3ccccc3)n(-c3ccccc3)n2)n1. The highest BCUT2D eigenvalue weighted by molar-refractivity contribution is 7.14. The summed E-state index contributed by atoms with van der Waals surface area (Å²) in [4.78, 5) is 33.2. The van der Waals surface area contributed by atoms with Crippen LogP contribution >= 0.6 is 11.3 Å². The van der Waals surface area contributed by atoms with Crippen LogP contribution in [0.1, 0.15) is 23.2 Å². The monoisotopic (exact) mass is 433 g/mol. The second-order valence-corrected chi connectivity index (χ2v) is 7.31. The van der Waals surface area contributed by atoms with Crippen LogP contribution in [0.5, 0.6) is 0 Å². The fraction of sp³-hybridized carbons (Fsp3) is 0.136. The predicted octanol–water partition coefficient (Wildman–Crippen LogP) is 3.75. The number of benzene rings is 2. The quantitative estimate of drug-likeness (QED) is 0.446. The maximum absolute atomic E-state index is 12.8. The highest BCUT2D eigenvalue weighted by Crippen LogP contribution is 2.22. The van der Waals surface area contributed by atoms with Gasteiger partial charge in [0.25, 0.3) is 5.91 Å². The summed E-state index contributed by atoms with van der Waals surface area (Å²) in [6.45, 7) is 2.06. The van der Waals surface area contributed by atoms with E-state index in [9.17, 15) is 9.59 Å². The van der Waals surface area contributed by atoms with E-state index in [-0.39, 0.29) is 18.2 Å². The van der Waals surface area contributed by atoms with Gasteiger partial charge in [0, 0.05) is 10.9 Å². The average molecular weight is 433 g/mol. The number of carbonyl (C=O) groups excluding carboxylic acids is 2. The summed E-state index contributed by atoms with van der Waals surface area (Å²) in [7, 11) is 0. The number of nitrogens with one attached hydrogen (secondary N) is 1. The number of hydrogen-bond donors (Lipinski definition) is 1. The largest absolute Gasteiger partial charge is 0.466 e. The molecule has 31 heavy (non-hydrogen) atoms. The summed E-state index contributed by atoms with van der Waals surface area (Å²) in [6.07, 6.45) is 0.0548. The number of anilines is 1. The molecule has 2 aromatic carbocycles. The molecule has 0 aliphatic rings. The Balaban J connectivity index is 1.58. The van der Waals surface area contributed by atoms with Crippen LogP contribution in [0.3, 0.4) is 0 Å². The molecule has 0 fully saturated rings. The number of para-hydroxylation sites is 1. The second kappa shape index (κ2) is 9.31. The number of carbonyl (C=O) groups is 2. The third-order valence-electron chi connectivity index (χ3n) is 4.25. The van der Waals surface area contributed by atoms with Gasteiger partial charge in [-0.25, -0.2) is 14.6 Å². The van der Waals surface area contributed by atoms with Gasteiger partial charge in [-0.3, -0.25) is 14.9 Å². The van der Waals surface area contributed by atoms with E-state index >= 15 is 0 Å². The minimum atomic E-state index is -0.483. The van der Waals surface area contributed by atoms with Crippen LogP contribution in [0.4, 0.5) is 5.13 Å². The van der Waals surface area contributed by atoms with Crippen molar-refractivity contribution in [3.8, 4) is 17.1 Å². The van der Waals surface area contributed by atoms with Crippen LogP contribution in [-0.4, -0.2) is 38.2 Å². The molecular weight excluding hydrogens is 414 g/mol. The fourth-order valence-corrected chi connectivity index (χ4v) is 3.60. The molecule has 0 radical (unpaired) electrons. The molecule has 2 heterocycles. The van der Waals surface area contributed by atoms with Gasteiger partial charge in [-0.05, 0) is 19.1 Å². The number of nitrogens with zero attached hydrogens (tertiary/aromatic N) is 4. The maximum Gasteiger partial charge on any atom is 0.311 e. The van der Waals surface area contributed by atoms with Crippen LogP contribution in [0.15, 0.2) is 66.0 Å². The third kappa shape index (κ3) is 4.84. The molecule has 0 aliphatic carbocycles. The van der Waals surface area contributed by atoms with Crippen LogP contribution in [0.25, 0.3) is 17.1 Å². The Morgan fingerprint density at radius 3 is 2.45 bits per heavy atom. The van der Waals surface area contributed by atoms with Gasteiger partial charge in [0.15, 0.2) is 11.0 Å². The van der Waals surface area contributed by atoms with Crippen molar-refractivity contribution in [2.24, 2.45) is 0 Å². The van der Waals surface area contributed by atoms with E-state index in [1.165, 1.54) is 11.3 Å². The third-order valence-corrected chi connectivity index (χ3v) is 5.05. The van der Waals surface area contributed by atoms with Crippen molar-refractivity contribution in [1.82, 2.24) is 19.7 Å². The molecule has 0 saturated carbocycles. The van der Waals surface area contributed by atoms with Gasteiger partial charge < -0.3 is 4.74 Å². The summed E-state index contributed by atoms with van der Waals surface area (Å²) < 4.78 is 6.56. The van der Waals surface area contributed by atoms with Gasteiger partial charge in [0.2, 0.25) is 5.82 Å². The average Bonchev–Trinajstić information content (AvgIpc) is 3.42. The molecule has 0 unspecified atom stereocenters. The Labute approximate surface area is 182 Å². The lowest BCUT2D eigenvalue weighted by molar-refractivity contribution is -0.142. The zero-order chi connectivity index (χ0) is 21.6. The van der Waals surface area contributed by atoms with Crippen molar-refractivity contribution < 1.29 is 14.3 Å². The van der Waals surface area contributed by atoms with Crippen molar-refractivity contribution >= 4 is 28.3 Å².